The molecule has 2 aromatic rings. The van der Waals surface area contributed by atoms with Gasteiger partial charge < -0.3 is 0 Å². The van der Waals surface area contributed by atoms with Gasteiger partial charge in [-0.2, -0.15) is 0 Å². The molecule has 0 bridgehead atoms. The first-order valence-corrected chi connectivity index (χ1v) is 8.99. The van der Waals surface area contributed by atoms with E-state index in [9.17, 15) is 18.5 Å². The maximum absolute atomic E-state index is 12.7. The second-order valence-electron chi connectivity index (χ2n) is 6.00. The highest BCUT2D eigenvalue weighted by Crippen LogP contribution is 2.30. The Kier molecular flexibility index (Phi) is 4.94. The molecule has 128 valence electrons. The first kappa shape index (κ1) is 17.9. The maximum atomic E-state index is 12.7. The molecule has 0 amide bonds. The third-order valence-electron chi connectivity index (χ3n) is 3.85. The summed E-state index contributed by atoms with van der Waals surface area (Å²) in [5.41, 5.74) is 2.40. The summed E-state index contributed by atoms with van der Waals surface area (Å²) < 4.78 is 28.0. The number of hydrogen-bond acceptors (Lipinski definition) is 4. The van der Waals surface area contributed by atoms with Crippen molar-refractivity contribution in [3.8, 4) is 0 Å². The zero-order chi connectivity index (χ0) is 18.1. The van der Waals surface area contributed by atoms with Gasteiger partial charge in [0, 0.05) is 11.6 Å². The van der Waals surface area contributed by atoms with Crippen molar-refractivity contribution >= 4 is 21.4 Å². The second kappa shape index (κ2) is 6.60. The lowest BCUT2D eigenvalue weighted by Gasteiger charge is -2.17. The van der Waals surface area contributed by atoms with Gasteiger partial charge in [0.1, 0.15) is 0 Å². The highest BCUT2D eigenvalue weighted by molar-refractivity contribution is 7.92. The van der Waals surface area contributed by atoms with E-state index in [1.807, 2.05) is 39.0 Å². The summed E-state index contributed by atoms with van der Waals surface area (Å²) in [6.45, 7) is 7.34. The molecule has 0 spiro atoms. The number of sulfonamides is 1. The standard InChI is InChI=1S/C17H20N2O4S/c1-11(2)15-7-5-6-13(4)17(15)18-24(22,23)14-9-8-12(3)16(10-14)19(20)21/h5-11,18H,1-4H3. The molecule has 0 saturated carbocycles. The van der Waals surface area contributed by atoms with Gasteiger partial charge in [0.15, 0.2) is 0 Å². The fourth-order valence-corrected chi connectivity index (χ4v) is 3.64. The number of benzene rings is 2. The maximum Gasteiger partial charge on any atom is 0.273 e. The summed E-state index contributed by atoms with van der Waals surface area (Å²) in [6.07, 6.45) is 0. The summed E-state index contributed by atoms with van der Waals surface area (Å²) >= 11 is 0. The third-order valence-corrected chi connectivity index (χ3v) is 5.20. The van der Waals surface area contributed by atoms with Crippen LogP contribution in [0.5, 0.6) is 0 Å². The van der Waals surface area contributed by atoms with Crippen molar-refractivity contribution in [2.45, 2.75) is 38.5 Å². The minimum Gasteiger partial charge on any atom is -0.279 e. The molecule has 1 N–H and O–H groups in total. The molecule has 0 heterocycles. The summed E-state index contributed by atoms with van der Waals surface area (Å²) in [7, 11) is -3.92. The lowest BCUT2D eigenvalue weighted by atomic mass is 9.99. The van der Waals surface area contributed by atoms with Crippen molar-refractivity contribution < 1.29 is 13.3 Å². The number of para-hydroxylation sites is 1. The fourth-order valence-electron chi connectivity index (χ4n) is 2.46. The zero-order valence-corrected chi connectivity index (χ0v) is 14.8. The van der Waals surface area contributed by atoms with Crippen molar-refractivity contribution in [1.82, 2.24) is 0 Å². The average Bonchev–Trinajstić information content (AvgIpc) is 2.48. The van der Waals surface area contributed by atoms with Gasteiger partial charge in [0.05, 0.1) is 15.5 Å². The molecule has 2 rings (SSSR count). The lowest BCUT2D eigenvalue weighted by Crippen LogP contribution is -2.16. The van der Waals surface area contributed by atoms with E-state index < -0.39 is 14.9 Å². The smallest absolute Gasteiger partial charge is 0.273 e. The Hall–Kier alpha value is -2.41. The molecular weight excluding hydrogens is 328 g/mol. The van der Waals surface area contributed by atoms with Crippen LogP contribution in [0.3, 0.4) is 0 Å². The Labute approximate surface area is 141 Å². The summed E-state index contributed by atoms with van der Waals surface area (Å²) in [5, 5.41) is 11.0. The van der Waals surface area contributed by atoms with Crippen LogP contribution in [-0.4, -0.2) is 13.3 Å². The molecule has 0 aliphatic heterocycles. The summed E-state index contributed by atoms with van der Waals surface area (Å²) in [6, 6.07) is 9.46. The van der Waals surface area contributed by atoms with Gasteiger partial charge in [-0.3, -0.25) is 14.8 Å². The van der Waals surface area contributed by atoms with E-state index in [4.69, 9.17) is 0 Å². The molecular formula is C17H20N2O4S. The van der Waals surface area contributed by atoms with E-state index in [-0.39, 0.29) is 16.5 Å². The second-order valence-corrected chi connectivity index (χ2v) is 7.69. The number of nitrogens with zero attached hydrogens (tertiary/aromatic N) is 1. The van der Waals surface area contributed by atoms with Crippen LogP contribution in [0.25, 0.3) is 0 Å². The fraction of sp³-hybridized carbons (Fsp3) is 0.294. The first-order valence-electron chi connectivity index (χ1n) is 7.51. The monoisotopic (exact) mass is 348 g/mol. The predicted octanol–water partition coefficient (Wildman–Crippen LogP) is 4.14. The highest BCUT2D eigenvalue weighted by Gasteiger charge is 2.22. The molecule has 2 aromatic carbocycles. The molecule has 0 aliphatic carbocycles. The topological polar surface area (TPSA) is 89.3 Å². The Morgan fingerprint density at radius 3 is 2.33 bits per heavy atom. The van der Waals surface area contributed by atoms with Gasteiger partial charge in [-0.1, -0.05) is 38.1 Å². The van der Waals surface area contributed by atoms with E-state index >= 15 is 0 Å². The van der Waals surface area contributed by atoms with Crippen LogP contribution < -0.4 is 4.72 Å². The lowest BCUT2D eigenvalue weighted by molar-refractivity contribution is -0.385. The normalized spacial score (nSPS) is 11.5. The molecule has 6 nitrogen and oxygen atoms in total. The van der Waals surface area contributed by atoms with E-state index in [0.717, 1.165) is 17.2 Å². The van der Waals surface area contributed by atoms with Crippen LogP contribution >= 0.6 is 0 Å². The molecule has 24 heavy (non-hydrogen) atoms. The Morgan fingerprint density at radius 1 is 1.08 bits per heavy atom. The Morgan fingerprint density at radius 2 is 1.75 bits per heavy atom. The first-order chi connectivity index (χ1) is 11.1. The van der Waals surface area contributed by atoms with E-state index in [1.165, 1.54) is 12.1 Å². The van der Waals surface area contributed by atoms with Crippen LogP contribution in [-0.2, 0) is 10.0 Å². The number of rotatable bonds is 5. The number of nitrogens with one attached hydrogen (secondary N) is 1. The SMILES string of the molecule is Cc1ccc(S(=O)(=O)Nc2c(C)cccc2C(C)C)cc1[N+](=O)[O-]. The minimum absolute atomic E-state index is 0.127. The third kappa shape index (κ3) is 3.56. The van der Waals surface area contributed by atoms with E-state index in [1.54, 1.807) is 6.92 Å². The predicted molar refractivity (Wildman–Crippen MR) is 93.9 cm³/mol. The highest BCUT2D eigenvalue weighted by atomic mass is 32.2. The molecule has 0 fully saturated rings. The van der Waals surface area contributed by atoms with Crippen LogP contribution in [0, 0.1) is 24.0 Å². The van der Waals surface area contributed by atoms with Gasteiger partial charge >= 0.3 is 0 Å². The molecule has 0 atom stereocenters. The molecule has 0 saturated heterocycles. The molecule has 7 heteroatoms. The molecule has 0 radical (unpaired) electrons. The Balaban J connectivity index is 2.51. The van der Waals surface area contributed by atoms with Gasteiger partial charge in [0.25, 0.3) is 15.7 Å². The van der Waals surface area contributed by atoms with E-state index in [2.05, 4.69) is 4.72 Å². The van der Waals surface area contributed by atoms with Crippen molar-refractivity contribution in [3.05, 3.63) is 63.2 Å². The zero-order valence-electron chi connectivity index (χ0n) is 14.0. The molecule has 0 aromatic heterocycles. The number of nitro benzene ring substituents is 1. The van der Waals surface area contributed by atoms with E-state index in [0.29, 0.717) is 11.3 Å². The van der Waals surface area contributed by atoms with Crippen LogP contribution in [0.2, 0.25) is 0 Å². The van der Waals surface area contributed by atoms with Crippen molar-refractivity contribution in [3.63, 3.8) is 0 Å². The van der Waals surface area contributed by atoms with Crippen LogP contribution in [0.4, 0.5) is 11.4 Å². The molecule has 0 aliphatic rings. The number of aryl methyl sites for hydroxylation is 2. The minimum atomic E-state index is -3.92. The summed E-state index contributed by atoms with van der Waals surface area (Å²) in [4.78, 5) is 10.3. The quantitative estimate of drug-likeness (QED) is 0.649. The Bertz CT molecular complexity index is 889. The number of anilines is 1. The average molecular weight is 348 g/mol. The molecule has 0 unspecified atom stereocenters. The van der Waals surface area contributed by atoms with Crippen molar-refractivity contribution in [2.24, 2.45) is 0 Å². The van der Waals surface area contributed by atoms with Gasteiger partial charge in [-0.25, -0.2) is 8.42 Å². The van der Waals surface area contributed by atoms with Crippen LogP contribution in [0.15, 0.2) is 41.3 Å². The van der Waals surface area contributed by atoms with Crippen molar-refractivity contribution in [2.75, 3.05) is 4.72 Å². The van der Waals surface area contributed by atoms with Crippen LogP contribution in [0.1, 0.15) is 36.5 Å². The van der Waals surface area contributed by atoms with Gasteiger partial charge in [0.2, 0.25) is 0 Å². The number of hydrogen-bond donors (Lipinski definition) is 1. The number of nitro groups is 1. The van der Waals surface area contributed by atoms with Gasteiger partial charge in [-0.15, -0.1) is 0 Å². The summed E-state index contributed by atoms with van der Waals surface area (Å²) in [5.74, 6) is 0.134. The van der Waals surface area contributed by atoms with Gasteiger partial charge in [-0.05, 0) is 37.0 Å². The largest absolute Gasteiger partial charge is 0.279 e. The van der Waals surface area contributed by atoms with Crippen molar-refractivity contribution in [1.29, 1.82) is 0 Å².